The van der Waals surface area contributed by atoms with Crippen molar-refractivity contribution in [3.63, 3.8) is 0 Å². The van der Waals surface area contributed by atoms with E-state index in [9.17, 15) is 4.79 Å². The Morgan fingerprint density at radius 1 is 1.19 bits per heavy atom. The number of hydrogen-bond donors (Lipinski definition) is 1. The van der Waals surface area contributed by atoms with Crippen LogP contribution >= 0.6 is 0 Å². The summed E-state index contributed by atoms with van der Waals surface area (Å²) in [6.45, 7) is 6.08. The number of hydrogen-bond acceptors (Lipinski definition) is 6. The molecular weight excluding hydrogens is 344 g/mol. The Bertz CT molecular complexity index is 858. The van der Waals surface area contributed by atoms with Gasteiger partial charge in [-0.15, -0.1) is 10.2 Å². The fraction of sp³-hybridized carbons (Fsp3) is 0.350. The molecule has 0 bridgehead atoms. The van der Waals surface area contributed by atoms with E-state index in [4.69, 9.17) is 8.83 Å². The van der Waals surface area contributed by atoms with E-state index in [0.29, 0.717) is 30.6 Å². The van der Waals surface area contributed by atoms with Gasteiger partial charge in [0.1, 0.15) is 0 Å². The highest BCUT2D eigenvalue weighted by molar-refractivity contribution is 5.78. The highest BCUT2D eigenvalue weighted by Crippen LogP contribution is 2.18. The Balaban J connectivity index is 1.55. The second-order valence-corrected chi connectivity index (χ2v) is 6.39. The van der Waals surface area contributed by atoms with Gasteiger partial charge in [0, 0.05) is 6.54 Å². The SMILES string of the molecule is CCCN(CC(=O)NCc1ccccc1C)Cc1nnc(-c2ccco2)o1. The van der Waals surface area contributed by atoms with Gasteiger partial charge >= 0.3 is 0 Å². The van der Waals surface area contributed by atoms with Crippen molar-refractivity contribution in [3.8, 4) is 11.7 Å². The van der Waals surface area contributed by atoms with Crippen LogP contribution in [-0.4, -0.2) is 34.1 Å². The number of nitrogens with zero attached hydrogens (tertiary/aromatic N) is 3. The monoisotopic (exact) mass is 368 g/mol. The van der Waals surface area contributed by atoms with Gasteiger partial charge in [0.25, 0.3) is 5.89 Å². The lowest BCUT2D eigenvalue weighted by Crippen LogP contribution is -2.37. The molecule has 0 aliphatic carbocycles. The molecule has 0 saturated heterocycles. The van der Waals surface area contributed by atoms with E-state index >= 15 is 0 Å². The van der Waals surface area contributed by atoms with Crippen molar-refractivity contribution < 1.29 is 13.6 Å². The Morgan fingerprint density at radius 2 is 2.04 bits per heavy atom. The number of amides is 1. The standard InChI is InChI=1S/C20H24N4O3/c1-3-10-24(13-18(25)21-12-16-8-5-4-7-15(16)2)14-19-22-23-20(27-19)17-9-6-11-26-17/h4-9,11H,3,10,12-14H2,1-2H3,(H,21,25). The summed E-state index contributed by atoms with van der Waals surface area (Å²) < 4.78 is 10.9. The molecule has 0 aliphatic heterocycles. The van der Waals surface area contributed by atoms with Gasteiger partial charge in [-0.3, -0.25) is 9.69 Å². The van der Waals surface area contributed by atoms with Crippen molar-refractivity contribution in [3.05, 3.63) is 59.7 Å². The zero-order chi connectivity index (χ0) is 19.1. The maximum atomic E-state index is 12.4. The average Bonchev–Trinajstić information content (AvgIpc) is 3.33. The summed E-state index contributed by atoms with van der Waals surface area (Å²) in [6.07, 6.45) is 2.48. The fourth-order valence-corrected chi connectivity index (χ4v) is 2.80. The van der Waals surface area contributed by atoms with Crippen molar-refractivity contribution in [2.24, 2.45) is 0 Å². The number of furan rings is 1. The maximum absolute atomic E-state index is 12.4. The number of aryl methyl sites for hydroxylation is 1. The molecule has 0 aliphatic rings. The summed E-state index contributed by atoms with van der Waals surface area (Å²) >= 11 is 0. The van der Waals surface area contributed by atoms with Crippen molar-refractivity contribution >= 4 is 5.91 Å². The minimum absolute atomic E-state index is 0.0301. The van der Waals surface area contributed by atoms with Crippen LogP contribution in [0.5, 0.6) is 0 Å². The van der Waals surface area contributed by atoms with E-state index in [0.717, 1.165) is 18.5 Å². The molecule has 142 valence electrons. The fourth-order valence-electron chi connectivity index (χ4n) is 2.80. The maximum Gasteiger partial charge on any atom is 0.283 e. The van der Waals surface area contributed by atoms with E-state index in [1.54, 1.807) is 18.4 Å². The molecule has 0 saturated carbocycles. The van der Waals surface area contributed by atoms with E-state index in [-0.39, 0.29) is 12.5 Å². The number of carbonyl (C=O) groups is 1. The summed E-state index contributed by atoms with van der Waals surface area (Å²) in [5.41, 5.74) is 2.28. The van der Waals surface area contributed by atoms with Gasteiger partial charge in [0.05, 0.1) is 19.4 Å². The van der Waals surface area contributed by atoms with Gasteiger partial charge in [0.15, 0.2) is 5.76 Å². The molecule has 7 heteroatoms. The first kappa shape index (κ1) is 18.8. The van der Waals surface area contributed by atoms with Crippen LogP contribution in [0, 0.1) is 6.92 Å². The van der Waals surface area contributed by atoms with Crippen LogP contribution in [0.2, 0.25) is 0 Å². The number of benzene rings is 1. The number of carbonyl (C=O) groups excluding carboxylic acids is 1. The van der Waals surface area contributed by atoms with E-state index in [1.807, 2.05) is 36.1 Å². The molecule has 7 nitrogen and oxygen atoms in total. The van der Waals surface area contributed by atoms with E-state index < -0.39 is 0 Å². The van der Waals surface area contributed by atoms with Gasteiger partial charge in [-0.05, 0) is 43.1 Å². The van der Waals surface area contributed by atoms with Crippen molar-refractivity contribution in [1.82, 2.24) is 20.4 Å². The Kier molecular flexibility index (Phi) is 6.38. The molecule has 0 fully saturated rings. The minimum atomic E-state index is -0.0301. The van der Waals surface area contributed by atoms with Crippen LogP contribution < -0.4 is 5.32 Å². The number of aromatic nitrogens is 2. The van der Waals surface area contributed by atoms with Crippen LogP contribution in [-0.2, 0) is 17.9 Å². The summed E-state index contributed by atoms with van der Waals surface area (Å²) in [6, 6.07) is 11.6. The van der Waals surface area contributed by atoms with Crippen LogP contribution in [0.4, 0.5) is 0 Å². The third-order valence-electron chi connectivity index (χ3n) is 4.20. The quantitative estimate of drug-likeness (QED) is 0.624. The molecule has 2 aromatic heterocycles. The number of nitrogens with one attached hydrogen (secondary N) is 1. The molecular formula is C20H24N4O3. The van der Waals surface area contributed by atoms with Crippen LogP contribution in [0.3, 0.4) is 0 Å². The lowest BCUT2D eigenvalue weighted by atomic mass is 10.1. The first-order valence-electron chi connectivity index (χ1n) is 9.05. The average molecular weight is 368 g/mol. The Hall–Kier alpha value is -2.93. The van der Waals surface area contributed by atoms with Gasteiger partial charge in [0.2, 0.25) is 11.8 Å². The summed E-state index contributed by atoms with van der Waals surface area (Å²) in [5.74, 6) is 1.31. The number of rotatable bonds is 9. The van der Waals surface area contributed by atoms with Crippen molar-refractivity contribution in [2.75, 3.05) is 13.1 Å². The van der Waals surface area contributed by atoms with Gasteiger partial charge in [-0.2, -0.15) is 0 Å². The van der Waals surface area contributed by atoms with E-state index in [1.165, 1.54) is 5.56 Å². The molecule has 2 heterocycles. The molecule has 1 amide bonds. The molecule has 0 radical (unpaired) electrons. The summed E-state index contributed by atoms with van der Waals surface area (Å²) in [7, 11) is 0. The molecule has 1 aromatic carbocycles. The van der Waals surface area contributed by atoms with Crippen molar-refractivity contribution in [1.29, 1.82) is 0 Å². The zero-order valence-corrected chi connectivity index (χ0v) is 15.6. The Labute approximate surface area is 158 Å². The molecule has 1 N–H and O–H groups in total. The predicted molar refractivity (Wildman–Crippen MR) is 101 cm³/mol. The van der Waals surface area contributed by atoms with Crippen molar-refractivity contribution in [2.45, 2.75) is 33.4 Å². The van der Waals surface area contributed by atoms with Gasteiger partial charge in [-0.1, -0.05) is 31.2 Å². The second-order valence-electron chi connectivity index (χ2n) is 6.39. The molecule has 3 aromatic rings. The largest absolute Gasteiger partial charge is 0.459 e. The van der Waals surface area contributed by atoms with Crippen LogP contribution in [0.1, 0.15) is 30.4 Å². The first-order valence-corrected chi connectivity index (χ1v) is 9.05. The molecule has 0 spiro atoms. The minimum Gasteiger partial charge on any atom is -0.459 e. The summed E-state index contributed by atoms with van der Waals surface area (Å²) in [4.78, 5) is 14.4. The second kappa shape index (κ2) is 9.14. The molecule has 3 rings (SSSR count). The third kappa shape index (κ3) is 5.27. The normalized spacial score (nSPS) is 11.1. The topological polar surface area (TPSA) is 84.4 Å². The third-order valence-corrected chi connectivity index (χ3v) is 4.20. The lowest BCUT2D eigenvalue weighted by molar-refractivity contribution is -0.122. The predicted octanol–water partition coefficient (Wildman–Crippen LogP) is 3.17. The van der Waals surface area contributed by atoms with Gasteiger partial charge in [-0.25, -0.2) is 0 Å². The summed E-state index contributed by atoms with van der Waals surface area (Å²) in [5, 5.41) is 11.0. The van der Waals surface area contributed by atoms with Crippen LogP contribution in [0.25, 0.3) is 11.7 Å². The van der Waals surface area contributed by atoms with Crippen LogP contribution in [0.15, 0.2) is 51.5 Å². The highest BCUT2D eigenvalue weighted by Gasteiger charge is 2.16. The zero-order valence-electron chi connectivity index (χ0n) is 15.6. The van der Waals surface area contributed by atoms with E-state index in [2.05, 4.69) is 22.4 Å². The van der Waals surface area contributed by atoms with Gasteiger partial charge < -0.3 is 14.2 Å². The molecule has 0 unspecified atom stereocenters. The smallest absolute Gasteiger partial charge is 0.283 e. The lowest BCUT2D eigenvalue weighted by Gasteiger charge is -2.19. The molecule has 27 heavy (non-hydrogen) atoms. The molecule has 0 atom stereocenters. The first-order chi connectivity index (χ1) is 13.2. The highest BCUT2D eigenvalue weighted by atomic mass is 16.4. The Morgan fingerprint density at radius 3 is 2.78 bits per heavy atom.